The molecule has 2 aromatic carbocycles. The number of esters is 1. The standard InChI is InChI=1S/C29H42N2O9S/c1-22(32)40-21-25-18-24(12-13-27(25)33)28(34)19-30-14-5-2-3-6-15-39-16-7-4-9-23-10-8-11-26(17-23)41(37,38)31-20-29(35)36/h8,10-13,17-18,28,30-31,33-34H,2-7,9,14-16,19-21H2,1H3,(H,35,36)/t28-/m0/s1. The van der Waals surface area contributed by atoms with E-state index in [-0.39, 0.29) is 17.3 Å². The van der Waals surface area contributed by atoms with Crippen molar-refractivity contribution in [3.63, 3.8) is 0 Å². The lowest BCUT2D eigenvalue weighted by atomic mass is 10.1. The number of carboxylic acids is 1. The van der Waals surface area contributed by atoms with Crippen LogP contribution < -0.4 is 10.0 Å². The van der Waals surface area contributed by atoms with E-state index in [1.54, 1.807) is 24.3 Å². The van der Waals surface area contributed by atoms with Crippen LogP contribution in [0.15, 0.2) is 47.4 Å². The smallest absolute Gasteiger partial charge is 0.318 e. The number of unbranched alkanes of at least 4 members (excludes halogenated alkanes) is 4. The molecule has 11 nitrogen and oxygen atoms in total. The summed E-state index contributed by atoms with van der Waals surface area (Å²) in [6.07, 6.45) is 5.68. The minimum absolute atomic E-state index is 0.0187. The highest BCUT2D eigenvalue weighted by Crippen LogP contribution is 2.23. The molecule has 0 heterocycles. The largest absolute Gasteiger partial charge is 0.508 e. The first kappa shape index (κ1) is 34.2. The number of hydrogen-bond donors (Lipinski definition) is 5. The minimum Gasteiger partial charge on any atom is -0.508 e. The number of aryl methyl sites for hydroxylation is 1. The van der Waals surface area contributed by atoms with Crippen LogP contribution in [0.4, 0.5) is 0 Å². The Morgan fingerprint density at radius 3 is 2.44 bits per heavy atom. The molecule has 228 valence electrons. The van der Waals surface area contributed by atoms with Crippen molar-refractivity contribution in [1.29, 1.82) is 0 Å². The lowest BCUT2D eigenvalue weighted by molar-refractivity contribution is -0.142. The van der Waals surface area contributed by atoms with Gasteiger partial charge in [-0.05, 0) is 74.0 Å². The number of carbonyl (C=O) groups is 2. The van der Waals surface area contributed by atoms with E-state index < -0.39 is 34.6 Å². The van der Waals surface area contributed by atoms with Crippen molar-refractivity contribution in [2.45, 2.75) is 69.5 Å². The number of phenols is 1. The summed E-state index contributed by atoms with van der Waals surface area (Å²) >= 11 is 0. The van der Waals surface area contributed by atoms with Crippen LogP contribution in [0.2, 0.25) is 0 Å². The van der Waals surface area contributed by atoms with Crippen LogP contribution in [0.5, 0.6) is 5.75 Å². The van der Waals surface area contributed by atoms with E-state index in [1.165, 1.54) is 19.1 Å². The molecule has 0 aliphatic heterocycles. The monoisotopic (exact) mass is 594 g/mol. The molecular formula is C29H42N2O9S. The zero-order chi connectivity index (χ0) is 30.1. The van der Waals surface area contributed by atoms with Crippen LogP contribution in [0.3, 0.4) is 0 Å². The van der Waals surface area contributed by atoms with Gasteiger partial charge >= 0.3 is 11.9 Å². The second-order valence-electron chi connectivity index (χ2n) is 9.74. The van der Waals surface area contributed by atoms with Crippen LogP contribution in [0.25, 0.3) is 0 Å². The molecule has 0 aromatic heterocycles. The minimum atomic E-state index is -3.85. The van der Waals surface area contributed by atoms with Gasteiger partial charge in [-0.1, -0.05) is 31.0 Å². The van der Waals surface area contributed by atoms with Gasteiger partial charge in [-0.3, -0.25) is 9.59 Å². The molecule has 0 spiro atoms. The van der Waals surface area contributed by atoms with Crippen molar-refractivity contribution in [3.05, 3.63) is 59.2 Å². The Morgan fingerprint density at radius 1 is 0.976 bits per heavy atom. The van der Waals surface area contributed by atoms with E-state index in [0.29, 0.717) is 37.3 Å². The number of rotatable bonds is 21. The molecule has 0 radical (unpaired) electrons. The van der Waals surface area contributed by atoms with Crippen molar-refractivity contribution < 1.29 is 42.8 Å². The maximum Gasteiger partial charge on any atom is 0.318 e. The van der Waals surface area contributed by atoms with Gasteiger partial charge in [-0.2, -0.15) is 4.72 Å². The van der Waals surface area contributed by atoms with Crippen molar-refractivity contribution in [2.75, 3.05) is 32.8 Å². The number of aromatic hydroxyl groups is 1. The molecule has 0 fully saturated rings. The number of phenolic OH excluding ortho intramolecular Hbond substituents is 1. The van der Waals surface area contributed by atoms with Gasteiger partial charge in [0.15, 0.2) is 0 Å². The molecule has 0 aliphatic rings. The number of ether oxygens (including phenoxy) is 2. The lowest BCUT2D eigenvalue weighted by Gasteiger charge is -2.14. The molecule has 0 aliphatic carbocycles. The van der Waals surface area contributed by atoms with Crippen LogP contribution >= 0.6 is 0 Å². The molecular weight excluding hydrogens is 552 g/mol. The molecule has 2 rings (SSSR count). The van der Waals surface area contributed by atoms with Gasteiger partial charge < -0.3 is 30.1 Å². The highest BCUT2D eigenvalue weighted by molar-refractivity contribution is 7.89. The predicted molar refractivity (Wildman–Crippen MR) is 153 cm³/mol. The number of aliphatic carboxylic acids is 1. The Balaban J connectivity index is 1.49. The van der Waals surface area contributed by atoms with Crippen LogP contribution in [-0.4, -0.2) is 68.5 Å². The van der Waals surface area contributed by atoms with Crippen molar-refractivity contribution in [1.82, 2.24) is 10.0 Å². The fourth-order valence-electron chi connectivity index (χ4n) is 4.02. The zero-order valence-corrected chi connectivity index (χ0v) is 24.3. The van der Waals surface area contributed by atoms with Gasteiger partial charge in [0.1, 0.15) is 18.9 Å². The predicted octanol–water partition coefficient (Wildman–Crippen LogP) is 3.04. The number of nitrogens with one attached hydrogen (secondary N) is 2. The molecule has 41 heavy (non-hydrogen) atoms. The molecule has 0 saturated heterocycles. The Bertz CT molecular complexity index is 1200. The molecule has 0 bridgehead atoms. The first-order valence-corrected chi connectivity index (χ1v) is 15.3. The van der Waals surface area contributed by atoms with Gasteiger partial charge in [-0.15, -0.1) is 0 Å². The number of carbonyl (C=O) groups excluding carboxylic acids is 1. The molecule has 5 N–H and O–H groups in total. The summed E-state index contributed by atoms with van der Waals surface area (Å²) in [4.78, 5) is 21.7. The highest BCUT2D eigenvalue weighted by atomic mass is 32.2. The summed E-state index contributed by atoms with van der Waals surface area (Å²) in [5.74, 6) is -1.66. The fraction of sp³-hybridized carbons (Fsp3) is 0.517. The SMILES string of the molecule is CC(=O)OCc1cc([C@@H](O)CNCCCCCCOCCCCc2cccc(S(=O)(=O)NCC(=O)O)c2)ccc1O. The summed E-state index contributed by atoms with van der Waals surface area (Å²) < 4.78 is 37.0. The Kier molecular flexibility index (Phi) is 15.3. The topological polar surface area (TPSA) is 171 Å². The average Bonchev–Trinajstić information content (AvgIpc) is 2.94. The third kappa shape index (κ3) is 13.9. The number of benzene rings is 2. The Hall–Kier alpha value is -3.03. The number of aliphatic hydroxyl groups is 1. The van der Waals surface area contributed by atoms with Crippen LogP contribution in [-0.2, 0) is 42.1 Å². The van der Waals surface area contributed by atoms with E-state index in [9.17, 15) is 28.2 Å². The van der Waals surface area contributed by atoms with Gasteiger partial charge in [0.05, 0.1) is 11.0 Å². The third-order valence-electron chi connectivity index (χ3n) is 6.28. The zero-order valence-electron chi connectivity index (χ0n) is 23.5. The number of hydrogen-bond acceptors (Lipinski definition) is 9. The second kappa shape index (κ2) is 18.4. The van der Waals surface area contributed by atoms with Crippen molar-refractivity contribution >= 4 is 22.0 Å². The highest BCUT2D eigenvalue weighted by Gasteiger charge is 2.15. The summed E-state index contributed by atoms with van der Waals surface area (Å²) in [6.45, 7) is 3.07. The molecule has 0 saturated carbocycles. The van der Waals surface area contributed by atoms with Gasteiger partial charge in [0.2, 0.25) is 10.0 Å². The Morgan fingerprint density at radius 2 is 1.71 bits per heavy atom. The van der Waals surface area contributed by atoms with Gasteiger partial charge in [-0.25, -0.2) is 8.42 Å². The summed E-state index contributed by atoms with van der Waals surface area (Å²) in [5, 5.41) is 32.2. The first-order chi connectivity index (χ1) is 19.6. The maximum absolute atomic E-state index is 12.2. The quantitative estimate of drug-likeness (QED) is 0.107. The number of carboxylic acid groups (broad SMARTS) is 1. The molecule has 0 unspecified atom stereocenters. The van der Waals surface area contributed by atoms with Gasteiger partial charge in [0.25, 0.3) is 0 Å². The summed E-state index contributed by atoms with van der Waals surface area (Å²) in [6, 6.07) is 11.3. The fourth-order valence-corrected chi connectivity index (χ4v) is 5.06. The molecule has 12 heteroatoms. The average molecular weight is 595 g/mol. The van der Waals surface area contributed by atoms with Crippen molar-refractivity contribution in [2.24, 2.45) is 0 Å². The summed E-state index contributed by atoms with van der Waals surface area (Å²) in [5.41, 5.74) is 1.96. The normalized spacial score (nSPS) is 12.2. The molecule has 1 atom stereocenters. The number of sulfonamides is 1. The van der Waals surface area contributed by atoms with Gasteiger partial charge in [0, 0.05) is 32.2 Å². The Labute approximate surface area is 241 Å². The third-order valence-corrected chi connectivity index (χ3v) is 7.67. The van der Waals surface area contributed by atoms with E-state index in [2.05, 4.69) is 10.0 Å². The molecule has 2 aromatic rings. The second-order valence-corrected chi connectivity index (χ2v) is 11.5. The molecule has 0 amide bonds. The van der Waals surface area contributed by atoms with E-state index >= 15 is 0 Å². The van der Waals surface area contributed by atoms with E-state index in [1.807, 2.05) is 6.07 Å². The van der Waals surface area contributed by atoms with Crippen LogP contribution in [0, 0.1) is 0 Å². The summed E-state index contributed by atoms with van der Waals surface area (Å²) in [7, 11) is -3.85. The van der Waals surface area contributed by atoms with E-state index in [0.717, 1.165) is 50.6 Å². The van der Waals surface area contributed by atoms with Crippen LogP contribution in [0.1, 0.15) is 68.2 Å². The number of aliphatic hydroxyl groups excluding tert-OH is 1. The van der Waals surface area contributed by atoms with E-state index in [4.69, 9.17) is 14.6 Å². The van der Waals surface area contributed by atoms with Crippen molar-refractivity contribution in [3.8, 4) is 5.75 Å². The first-order valence-electron chi connectivity index (χ1n) is 13.8. The lowest BCUT2D eigenvalue weighted by Crippen LogP contribution is -2.29. The maximum atomic E-state index is 12.2.